The van der Waals surface area contributed by atoms with Crippen LogP contribution in [-0.2, 0) is 6.54 Å². The van der Waals surface area contributed by atoms with E-state index < -0.39 is 0 Å². The van der Waals surface area contributed by atoms with Crippen molar-refractivity contribution in [2.75, 3.05) is 20.1 Å². The lowest BCUT2D eigenvalue weighted by molar-refractivity contribution is 0.0739. The first-order valence-corrected chi connectivity index (χ1v) is 5.25. The van der Waals surface area contributed by atoms with Crippen LogP contribution < -0.4 is 5.32 Å². The summed E-state index contributed by atoms with van der Waals surface area (Å²) in [6.07, 6.45) is 0. The zero-order valence-corrected chi connectivity index (χ0v) is 9.54. The van der Waals surface area contributed by atoms with Crippen LogP contribution in [0.5, 0.6) is 0 Å². The highest BCUT2D eigenvalue weighted by Crippen LogP contribution is 2.10. The molecule has 1 N–H and O–H groups in total. The van der Waals surface area contributed by atoms with Gasteiger partial charge in [-0.3, -0.25) is 4.79 Å². The van der Waals surface area contributed by atoms with Gasteiger partial charge in [-0.1, -0.05) is 0 Å². The number of nitrogens with zero attached hydrogens (tertiary/aromatic N) is 1. The number of carbonyl (C=O) groups is 1. The maximum atomic E-state index is 11.8. The SMILES string of the molecule is CCN(CC)C(=O)c1ccc(CNC)o1. The molecule has 0 fully saturated rings. The lowest BCUT2D eigenvalue weighted by atomic mass is 10.3. The second-order valence-electron chi connectivity index (χ2n) is 3.27. The van der Waals surface area contributed by atoms with E-state index in [1.807, 2.05) is 27.0 Å². The number of carbonyl (C=O) groups excluding carboxylic acids is 1. The summed E-state index contributed by atoms with van der Waals surface area (Å²) in [7, 11) is 1.84. The van der Waals surface area contributed by atoms with E-state index in [2.05, 4.69) is 5.32 Å². The third-order valence-electron chi connectivity index (χ3n) is 2.27. The van der Waals surface area contributed by atoms with Crippen LogP contribution in [0.25, 0.3) is 0 Å². The highest BCUT2D eigenvalue weighted by atomic mass is 16.4. The number of rotatable bonds is 5. The molecule has 1 heterocycles. The molecule has 0 unspecified atom stereocenters. The first-order chi connectivity index (χ1) is 7.22. The topological polar surface area (TPSA) is 45.5 Å². The molecule has 0 aliphatic heterocycles. The average molecular weight is 210 g/mol. The third kappa shape index (κ3) is 2.83. The van der Waals surface area contributed by atoms with E-state index in [0.29, 0.717) is 25.4 Å². The van der Waals surface area contributed by atoms with Gasteiger partial charge in [0.1, 0.15) is 5.76 Å². The molecule has 1 aromatic rings. The molecule has 84 valence electrons. The molecular formula is C11H18N2O2. The standard InChI is InChI=1S/C11H18N2O2/c1-4-13(5-2)11(14)10-7-6-9(15-10)8-12-3/h6-7,12H,4-5,8H2,1-3H3. The Morgan fingerprint density at radius 3 is 2.60 bits per heavy atom. The fourth-order valence-electron chi connectivity index (χ4n) is 1.43. The molecule has 4 nitrogen and oxygen atoms in total. The summed E-state index contributed by atoms with van der Waals surface area (Å²) in [6, 6.07) is 3.56. The Bertz CT molecular complexity index is 316. The fraction of sp³-hybridized carbons (Fsp3) is 0.545. The third-order valence-corrected chi connectivity index (χ3v) is 2.27. The molecule has 0 atom stereocenters. The van der Waals surface area contributed by atoms with Crippen molar-refractivity contribution in [2.24, 2.45) is 0 Å². The molecule has 1 aromatic heterocycles. The lowest BCUT2D eigenvalue weighted by Crippen LogP contribution is -2.30. The molecule has 1 amide bonds. The monoisotopic (exact) mass is 210 g/mol. The van der Waals surface area contributed by atoms with Crippen LogP contribution >= 0.6 is 0 Å². The molecule has 0 saturated heterocycles. The molecular weight excluding hydrogens is 192 g/mol. The van der Waals surface area contributed by atoms with Crippen LogP contribution in [0.4, 0.5) is 0 Å². The van der Waals surface area contributed by atoms with Crippen LogP contribution in [0.15, 0.2) is 16.5 Å². The summed E-state index contributed by atoms with van der Waals surface area (Å²) in [6.45, 7) is 5.97. The van der Waals surface area contributed by atoms with E-state index in [0.717, 1.165) is 5.76 Å². The number of hydrogen-bond acceptors (Lipinski definition) is 3. The highest BCUT2D eigenvalue weighted by molar-refractivity contribution is 5.91. The van der Waals surface area contributed by atoms with Crippen molar-refractivity contribution in [3.8, 4) is 0 Å². The number of nitrogens with one attached hydrogen (secondary N) is 1. The minimum atomic E-state index is -0.0395. The van der Waals surface area contributed by atoms with Gasteiger partial charge in [0, 0.05) is 13.1 Å². The Morgan fingerprint density at radius 1 is 1.40 bits per heavy atom. The average Bonchev–Trinajstić information content (AvgIpc) is 2.68. The molecule has 1 rings (SSSR count). The summed E-state index contributed by atoms with van der Waals surface area (Å²) >= 11 is 0. The fourth-order valence-corrected chi connectivity index (χ4v) is 1.43. The van der Waals surface area contributed by atoms with Crippen LogP contribution in [0.1, 0.15) is 30.2 Å². The van der Waals surface area contributed by atoms with Crippen LogP contribution in [0.2, 0.25) is 0 Å². The Labute approximate surface area is 90.3 Å². The summed E-state index contributed by atoms with van der Waals surface area (Å²) in [4.78, 5) is 13.6. The van der Waals surface area contributed by atoms with Gasteiger partial charge in [-0.15, -0.1) is 0 Å². The maximum absolute atomic E-state index is 11.8. The summed E-state index contributed by atoms with van der Waals surface area (Å²) in [5, 5.41) is 2.97. The number of hydrogen-bond donors (Lipinski definition) is 1. The highest BCUT2D eigenvalue weighted by Gasteiger charge is 2.15. The Hall–Kier alpha value is -1.29. The van der Waals surface area contributed by atoms with Gasteiger partial charge >= 0.3 is 0 Å². The van der Waals surface area contributed by atoms with Crippen LogP contribution in [0, 0.1) is 0 Å². The summed E-state index contributed by atoms with van der Waals surface area (Å²) in [5.74, 6) is 1.17. The zero-order valence-electron chi connectivity index (χ0n) is 9.54. The van der Waals surface area contributed by atoms with Crippen LogP contribution in [-0.4, -0.2) is 30.9 Å². The van der Waals surface area contributed by atoms with Crippen molar-refractivity contribution >= 4 is 5.91 Å². The van der Waals surface area contributed by atoms with E-state index in [9.17, 15) is 4.79 Å². The Balaban J connectivity index is 2.73. The molecule has 0 spiro atoms. The molecule has 0 aromatic carbocycles. The molecule has 0 aliphatic rings. The van der Waals surface area contributed by atoms with Crippen molar-refractivity contribution in [1.82, 2.24) is 10.2 Å². The number of amides is 1. The molecule has 0 bridgehead atoms. The molecule has 0 saturated carbocycles. The van der Waals surface area contributed by atoms with E-state index in [-0.39, 0.29) is 5.91 Å². The molecule has 15 heavy (non-hydrogen) atoms. The van der Waals surface area contributed by atoms with Gasteiger partial charge in [0.05, 0.1) is 6.54 Å². The minimum absolute atomic E-state index is 0.0395. The van der Waals surface area contributed by atoms with Gasteiger partial charge < -0.3 is 14.6 Å². The molecule has 0 radical (unpaired) electrons. The predicted molar refractivity (Wildman–Crippen MR) is 58.7 cm³/mol. The van der Waals surface area contributed by atoms with Crippen molar-refractivity contribution < 1.29 is 9.21 Å². The Morgan fingerprint density at radius 2 is 2.07 bits per heavy atom. The normalized spacial score (nSPS) is 10.3. The maximum Gasteiger partial charge on any atom is 0.289 e. The van der Waals surface area contributed by atoms with Gasteiger partial charge in [-0.2, -0.15) is 0 Å². The second kappa shape index (κ2) is 5.56. The van der Waals surface area contributed by atoms with Crippen LogP contribution in [0.3, 0.4) is 0 Å². The molecule has 0 aliphatic carbocycles. The van der Waals surface area contributed by atoms with E-state index in [1.54, 1.807) is 11.0 Å². The zero-order chi connectivity index (χ0) is 11.3. The predicted octanol–water partition coefficient (Wildman–Crippen LogP) is 1.48. The Kier molecular flexibility index (Phi) is 4.37. The molecule has 4 heteroatoms. The summed E-state index contributed by atoms with van der Waals surface area (Å²) in [5.41, 5.74) is 0. The summed E-state index contributed by atoms with van der Waals surface area (Å²) < 4.78 is 5.42. The lowest BCUT2D eigenvalue weighted by Gasteiger charge is -2.16. The minimum Gasteiger partial charge on any atom is -0.455 e. The first-order valence-electron chi connectivity index (χ1n) is 5.25. The smallest absolute Gasteiger partial charge is 0.289 e. The van der Waals surface area contributed by atoms with Gasteiger partial charge in [0.15, 0.2) is 5.76 Å². The van der Waals surface area contributed by atoms with Gasteiger partial charge in [0.2, 0.25) is 0 Å². The van der Waals surface area contributed by atoms with Crippen molar-refractivity contribution in [3.63, 3.8) is 0 Å². The first kappa shape index (κ1) is 11.8. The van der Waals surface area contributed by atoms with Crippen molar-refractivity contribution in [3.05, 3.63) is 23.7 Å². The largest absolute Gasteiger partial charge is 0.455 e. The van der Waals surface area contributed by atoms with E-state index in [4.69, 9.17) is 4.42 Å². The van der Waals surface area contributed by atoms with Gasteiger partial charge in [0.25, 0.3) is 5.91 Å². The van der Waals surface area contributed by atoms with Gasteiger partial charge in [-0.25, -0.2) is 0 Å². The quantitative estimate of drug-likeness (QED) is 0.800. The van der Waals surface area contributed by atoms with E-state index >= 15 is 0 Å². The van der Waals surface area contributed by atoms with Crippen molar-refractivity contribution in [1.29, 1.82) is 0 Å². The van der Waals surface area contributed by atoms with Gasteiger partial charge in [-0.05, 0) is 33.0 Å². The second-order valence-corrected chi connectivity index (χ2v) is 3.27. The van der Waals surface area contributed by atoms with Crippen molar-refractivity contribution in [2.45, 2.75) is 20.4 Å². The van der Waals surface area contributed by atoms with E-state index in [1.165, 1.54) is 0 Å². The number of furan rings is 1.